The molecule has 2 aromatic carbocycles. The van der Waals surface area contributed by atoms with Gasteiger partial charge in [0.25, 0.3) is 0 Å². The van der Waals surface area contributed by atoms with Crippen LogP contribution in [0.4, 0.5) is 0 Å². The minimum absolute atomic E-state index is 0.169. The summed E-state index contributed by atoms with van der Waals surface area (Å²) in [5, 5.41) is 10.3. The average Bonchev–Trinajstić information content (AvgIpc) is 3.34. The zero-order valence-corrected chi connectivity index (χ0v) is 17.9. The normalized spacial score (nSPS) is 22.3. The van der Waals surface area contributed by atoms with Crippen molar-refractivity contribution in [1.82, 2.24) is 9.55 Å². The van der Waals surface area contributed by atoms with Crippen LogP contribution >= 0.6 is 0 Å². The largest absolute Gasteiger partial charge is 0.493 e. The fourth-order valence-electron chi connectivity index (χ4n) is 4.81. The van der Waals surface area contributed by atoms with Gasteiger partial charge in [-0.05, 0) is 56.0 Å². The van der Waals surface area contributed by atoms with Gasteiger partial charge in [-0.25, -0.2) is 4.98 Å². The van der Waals surface area contributed by atoms with Crippen LogP contribution in [0.3, 0.4) is 0 Å². The molecule has 0 amide bonds. The Bertz CT molecular complexity index is 1090. The third kappa shape index (κ3) is 3.61. The Labute approximate surface area is 182 Å². The van der Waals surface area contributed by atoms with Crippen molar-refractivity contribution in [3.63, 3.8) is 0 Å². The number of aromatic nitrogens is 2. The number of benzene rings is 2. The third-order valence-electron chi connectivity index (χ3n) is 6.31. The summed E-state index contributed by atoms with van der Waals surface area (Å²) in [4.78, 5) is 9.31. The van der Waals surface area contributed by atoms with Crippen molar-refractivity contribution in [3.8, 4) is 17.2 Å². The molecule has 0 radical (unpaired) electrons. The monoisotopic (exact) mass is 417 g/mol. The Morgan fingerprint density at radius 1 is 1.13 bits per heavy atom. The van der Waals surface area contributed by atoms with E-state index in [4.69, 9.17) is 14.5 Å². The van der Waals surface area contributed by atoms with Crippen molar-refractivity contribution in [3.05, 3.63) is 71.8 Å². The summed E-state index contributed by atoms with van der Waals surface area (Å²) >= 11 is 0. The van der Waals surface area contributed by atoms with E-state index in [1.807, 2.05) is 23.8 Å². The van der Waals surface area contributed by atoms with Crippen molar-refractivity contribution in [1.29, 1.82) is 0 Å². The molecule has 0 unspecified atom stereocenters. The first-order chi connectivity index (χ1) is 15.2. The SMILES string of the molecule is CCOc1cc2c(cc1OC)C(c1ccc(-n3ccnc3)cc1)=N[C@@H]1CC[C@@H](O)C[C@H]21. The molecule has 0 spiro atoms. The van der Waals surface area contributed by atoms with Crippen LogP contribution in [-0.4, -0.2) is 46.2 Å². The van der Waals surface area contributed by atoms with E-state index in [0.717, 1.165) is 47.5 Å². The van der Waals surface area contributed by atoms with Crippen LogP contribution in [0.2, 0.25) is 0 Å². The quantitative estimate of drug-likeness (QED) is 0.678. The van der Waals surface area contributed by atoms with Gasteiger partial charge in [0.05, 0.1) is 37.9 Å². The first-order valence-corrected chi connectivity index (χ1v) is 10.9. The summed E-state index contributed by atoms with van der Waals surface area (Å²) < 4.78 is 13.5. The Kier molecular flexibility index (Phi) is 5.24. The van der Waals surface area contributed by atoms with Gasteiger partial charge in [0, 0.05) is 35.1 Å². The van der Waals surface area contributed by atoms with E-state index in [2.05, 4.69) is 35.3 Å². The lowest BCUT2D eigenvalue weighted by Crippen LogP contribution is -2.34. The second-order valence-corrected chi connectivity index (χ2v) is 8.16. The molecule has 31 heavy (non-hydrogen) atoms. The molecule has 2 aliphatic rings. The van der Waals surface area contributed by atoms with Crippen molar-refractivity contribution in [2.45, 2.75) is 44.2 Å². The first kappa shape index (κ1) is 19.8. The number of aliphatic hydroxyl groups is 1. The van der Waals surface area contributed by atoms with Crippen LogP contribution in [0.25, 0.3) is 5.69 Å². The second kappa shape index (κ2) is 8.19. The number of methoxy groups -OCH3 is 1. The zero-order chi connectivity index (χ0) is 21.4. The molecular formula is C25H27N3O3. The van der Waals surface area contributed by atoms with Gasteiger partial charge in [0.1, 0.15) is 0 Å². The van der Waals surface area contributed by atoms with E-state index in [-0.39, 0.29) is 18.1 Å². The lowest BCUT2D eigenvalue weighted by atomic mass is 9.74. The fourth-order valence-corrected chi connectivity index (χ4v) is 4.81. The Balaban J connectivity index is 1.61. The fraction of sp³-hybridized carbons (Fsp3) is 0.360. The number of fused-ring (bicyclic) bond motifs is 3. The summed E-state index contributed by atoms with van der Waals surface area (Å²) in [6.45, 7) is 2.54. The van der Waals surface area contributed by atoms with Crippen molar-refractivity contribution in [2.24, 2.45) is 4.99 Å². The first-order valence-electron chi connectivity index (χ1n) is 10.9. The standard InChI is InChI=1S/C25H27N3O3/c1-3-31-24-13-19-20-12-18(29)8-9-22(20)27-25(21(19)14-23(24)30-2)16-4-6-17(7-5-16)28-11-10-26-15-28/h4-7,10-11,13-15,18,20,22,29H,3,8-9,12H2,1-2H3/t18-,20-,22-/m1/s1. The molecule has 3 aromatic rings. The van der Waals surface area contributed by atoms with Crippen LogP contribution < -0.4 is 9.47 Å². The van der Waals surface area contributed by atoms with Crippen LogP contribution in [0.5, 0.6) is 11.5 Å². The second-order valence-electron chi connectivity index (χ2n) is 8.16. The van der Waals surface area contributed by atoms with Crippen molar-refractivity contribution in [2.75, 3.05) is 13.7 Å². The van der Waals surface area contributed by atoms with Crippen molar-refractivity contribution >= 4 is 5.71 Å². The maximum absolute atomic E-state index is 10.3. The molecular weight excluding hydrogens is 390 g/mol. The predicted octanol–water partition coefficient (Wildman–Crippen LogP) is 4.13. The minimum atomic E-state index is -0.280. The summed E-state index contributed by atoms with van der Waals surface area (Å²) in [6, 6.07) is 12.7. The average molecular weight is 418 g/mol. The molecule has 0 saturated heterocycles. The van der Waals surface area contributed by atoms with E-state index in [9.17, 15) is 5.11 Å². The van der Waals surface area contributed by atoms with Gasteiger partial charge in [0.2, 0.25) is 0 Å². The summed E-state index contributed by atoms with van der Waals surface area (Å²) in [7, 11) is 1.66. The number of ether oxygens (including phenoxy) is 2. The van der Waals surface area contributed by atoms with Gasteiger partial charge < -0.3 is 19.1 Å². The summed E-state index contributed by atoms with van der Waals surface area (Å²) in [5.41, 5.74) is 5.36. The van der Waals surface area contributed by atoms with Gasteiger partial charge in [-0.3, -0.25) is 4.99 Å². The van der Waals surface area contributed by atoms with Gasteiger partial charge in [-0.1, -0.05) is 12.1 Å². The van der Waals surface area contributed by atoms with Crippen LogP contribution in [0.15, 0.2) is 60.1 Å². The highest BCUT2D eigenvalue weighted by Crippen LogP contribution is 2.45. The van der Waals surface area contributed by atoms with Gasteiger partial charge in [-0.2, -0.15) is 0 Å². The molecule has 1 aromatic heterocycles. The number of hydrogen-bond donors (Lipinski definition) is 1. The van der Waals surface area contributed by atoms with Gasteiger partial charge >= 0.3 is 0 Å². The molecule has 6 nitrogen and oxygen atoms in total. The molecule has 1 saturated carbocycles. The number of imidazole rings is 1. The summed E-state index contributed by atoms with van der Waals surface area (Å²) in [5.74, 6) is 1.65. The maximum Gasteiger partial charge on any atom is 0.161 e. The molecule has 5 rings (SSSR count). The number of nitrogens with zero attached hydrogens (tertiary/aromatic N) is 3. The smallest absolute Gasteiger partial charge is 0.161 e. The van der Waals surface area contributed by atoms with E-state index in [1.165, 1.54) is 5.56 Å². The van der Waals surface area contributed by atoms with E-state index < -0.39 is 0 Å². The Morgan fingerprint density at radius 3 is 2.68 bits per heavy atom. The molecule has 2 heterocycles. The van der Waals surface area contributed by atoms with Gasteiger partial charge in [-0.15, -0.1) is 0 Å². The number of aliphatic hydroxyl groups excluding tert-OH is 1. The highest BCUT2D eigenvalue weighted by molar-refractivity contribution is 6.15. The molecule has 3 atom stereocenters. The van der Waals surface area contributed by atoms with Gasteiger partial charge in [0.15, 0.2) is 11.5 Å². The maximum atomic E-state index is 10.3. The molecule has 1 N–H and O–H groups in total. The third-order valence-corrected chi connectivity index (χ3v) is 6.31. The number of aliphatic imine (C=N–C) groups is 1. The summed E-state index contributed by atoms with van der Waals surface area (Å²) in [6.07, 6.45) is 7.62. The molecule has 1 fully saturated rings. The Morgan fingerprint density at radius 2 is 1.97 bits per heavy atom. The molecule has 0 bridgehead atoms. The van der Waals surface area contributed by atoms with E-state index in [0.29, 0.717) is 12.4 Å². The lowest BCUT2D eigenvalue weighted by Gasteiger charge is -2.37. The lowest BCUT2D eigenvalue weighted by molar-refractivity contribution is 0.111. The number of rotatable bonds is 5. The van der Waals surface area contributed by atoms with E-state index >= 15 is 0 Å². The number of hydrogen-bond acceptors (Lipinski definition) is 5. The minimum Gasteiger partial charge on any atom is -0.493 e. The molecule has 6 heteroatoms. The van der Waals surface area contributed by atoms with E-state index in [1.54, 1.807) is 19.6 Å². The Hall–Kier alpha value is -3.12. The topological polar surface area (TPSA) is 68.9 Å². The molecule has 1 aliphatic carbocycles. The zero-order valence-electron chi connectivity index (χ0n) is 17.9. The van der Waals surface area contributed by atoms with Crippen molar-refractivity contribution < 1.29 is 14.6 Å². The highest BCUT2D eigenvalue weighted by Gasteiger charge is 2.37. The molecule has 1 aliphatic heterocycles. The van der Waals surface area contributed by atoms with Crippen LogP contribution in [0.1, 0.15) is 48.8 Å². The molecule has 160 valence electrons. The predicted molar refractivity (Wildman–Crippen MR) is 120 cm³/mol. The van der Waals surface area contributed by atoms with Crippen LogP contribution in [-0.2, 0) is 0 Å². The highest BCUT2D eigenvalue weighted by atomic mass is 16.5. The van der Waals surface area contributed by atoms with Crippen LogP contribution in [0, 0.1) is 0 Å².